The maximum absolute atomic E-state index is 14.2. The van der Waals surface area contributed by atoms with Crippen LogP contribution in [0.5, 0.6) is 17.2 Å². The number of benzene rings is 2. The number of ether oxygens (including phenoxy) is 3. The lowest BCUT2D eigenvalue weighted by molar-refractivity contribution is -0.0501. The molecule has 2 aliphatic heterocycles. The van der Waals surface area contributed by atoms with Crippen LogP contribution in [-0.2, 0) is 27.7 Å². The Labute approximate surface area is 300 Å². The van der Waals surface area contributed by atoms with Crippen LogP contribution in [0.4, 0.5) is 22.0 Å². The van der Waals surface area contributed by atoms with Gasteiger partial charge in [-0.1, -0.05) is 25.7 Å². The summed E-state index contributed by atoms with van der Waals surface area (Å²) in [5, 5.41) is 0. The van der Waals surface area contributed by atoms with E-state index in [0.717, 1.165) is 50.7 Å². The minimum absolute atomic E-state index is 0.0349. The smallest absolute Gasteiger partial charge is 0.489 e. The fourth-order valence-electron chi connectivity index (χ4n) is 8.29. The third kappa shape index (κ3) is 7.21. The first-order valence-corrected chi connectivity index (χ1v) is 19.8. The van der Waals surface area contributed by atoms with E-state index in [2.05, 4.69) is 14.0 Å². The van der Waals surface area contributed by atoms with Crippen LogP contribution in [0.1, 0.15) is 98.5 Å². The predicted octanol–water partition coefficient (Wildman–Crippen LogP) is 7.09. The molecule has 2 atom stereocenters. The molecule has 4 saturated carbocycles. The molecule has 6 aliphatic rings. The average Bonchev–Trinajstić information content (AvgIpc) is 3.01. The van der Waals surface area contributed by atoms with E-state index >= 15 is 0 Å². The molecule has 0 radical (unpaired) electrons. The number of esters is 1. The third-order valence-electron chi connectivity index (χ3n) is 11.8. The summed E-state index contributed by atoms with van der Waals surface area (Å²) in [7, 11) is -4.49. The number of fused-ring (bicyclic) bond motifs is 2. The first kappa shape index (κ1) is 37.2. The summed E-state index contributed by atoms with van der Waals surface area (Å²) in [5.74, 6) is -2.08. The largest absolute Gasteiger partial charge is 0.534 e. The number of nitrogens with zero attached hydrogens (tertiary/aromatic N) is 2. The number of alkyl halides is 3. The third-order valence-corrected chi connectivity index (χ3v) is 12.8. The van der Waals surface area contributed by atoms with E-state index < -0.39 is 39.0 Å². The SMILES string of the molecule is COC(=O)c1ccc(F)c2c1C[C@@H](N(C1CCC1)C1CCC1)CO2.O=S(=O)(Oc1ccc(F)c2c1C[C@@H](N(C1CCC1)C1CCC1)CO2)C(F)(F)F. The Balaban J connectivity index is 0.000000164. The van der Waals surface area contributed by atoms with E-state index in [4.69, 9.17) is 14.2 Å². The van der Waals surface area contributed by atoms with Crippen LogP contribution >= 0.6 is 0 Å². The first-order valence-electron chi connectivity index (χ1n) is 18.4. The average molecular weight is 757 g/mol. The Kier molecular flexibility index (Phi) is 10.7. The van der Waals surface area contributed by atoms with Crippen molar-refractivity contribution in [2.24, 2.45) is 0 Å². The van der Waals surface area contributed by atoms with E-state index in [1.165, 1.54) is 57.8 Å². The van der Waals surface area contributed by atoms with Gasteiger partial charge < -0.3 is 18.4 Å². The molecule has 0 bridgehead atoms. The molecule has 0 spiro atoms. The molecular weight excluding hydrogens is 711 g/mol. The molecule has 9 nitrogen and oxygen atoms in total. The Morgan fingerprint density at radius 1 is 0.692 bits per heavy atom. The Hall–Kier alpha value is -3.17. The Morgan fingerprint density at radius 2 is 1.12 bits per heavy atom. The molecule has 0 saturated heterocycles. The molecule has 0 amide bonds. The topological polar surface area (TPSA) is 94.6 Å². The highest BCUT2D eigenvalue weighted by Crippen LogP contribution is 2.43. The molecule has 2 aromatic carbocycles. The van der Waals surface area contributed by atoms with Crippen LogP contribution in [0.15, 0.2) is 24.3 Å². The van der Waals surface area contributed by atoms with Gasteiger partial charge in [0.05, 0.1) is 12.7 Å². The number of methoxy groups -OCH3 is 1. The Bertz CT molecular complexity index is 1710. The molecule has 4 aliphatic carbocycles. The lowest BCUT2D eigenvalue weighted by Gasteiger charge is -2.51. The monoisotopic (exact) mass is 756 g/mol. The number of carbonyl (C=O) groups excluding carboxylic acids is 1. The van der Waals surface area contributed by atoms with Gasteiger partial charge in [0, 0.05) is 47.4 Å². The summed E-state index contributed by atoms with van der Waals surface area (Å²) in [4.78, 5) is 17.0. The lowest BCUT2D eigenvalue weighted by atomic mass is 9.82. The zero-order valence-electron chi connectivity index (χ0n) is 29.1. The first-order chi connectivity index (χ1) is 24.9. The van der Waals surface area contributed by atoms with Gasteiger partial charge in [0.2, 0.25) is 0 Å². The highest BCUT2D eigenvalue weighted by Gasteiger charge is 2.49. The highest BCUT2D eigenvalue weighted by molar-refractivity contribution is 7.88. The van der Waals surface area contributed by atoms with Crippen molar-refractivity contribution in [3.63, 3.8) is 0 Å². The minimum Gasteiger partial charge on any atom is -0.489 e. The van der Waals surface area contributed by atoms with Crippen LogP contribution in [0.2, 0.25) is 0 Å². The van der Waals surface area contributed by atoms with Gasteiger partial charge in [-0.25, -0.2) is 13.6 Å². The molecule has 0 unspecified atom stereocenters. The number of halogens is 5. The molecule has 15 heteroatoms. The van der Waals surface area contributed by atoms with E-state index in [1.54, 1.807) is 0 Å². The highest BCUT2D eigenvalue weighted by atomic mass is 32.2. The molecule has 2 aromatic rings. The van der Waals surface area contributed by atoms with Crippen LogP contribution in [0.3, 0.4) is 0 Å². The summed E-state index contributed by atoms with van der Waals surface area (Å²) in [6, 6.07) is 6.68. The number of rotatable bonds is 9. The molecule has 0 N–H and O–H groups in total. The van der Waals surface area contributed by atoms with Gasteiger partial charge in [-0.15, -0.1) is 0 Å². The summed E-state index contributed by atoms with van der Waals surface area (Å²) in [6.07, 6.45) is 14.9. The van der Waals surface area contributed by atoms with Gasteiger partial charge in [-0.2, -0.15) is 21.6 Å². The fourth-order valence-corrected chi connectivity index (χ4v) is 8.78. The minimum atomic E-state index is -5.85. The van der Waals surface area contributed by atoms with Crippen molar-refractivity contribution in [1.82, 2.24) is 9.80 Å². The molecule has 2 heterocycles. The maximum atomic E-state index is 14.2. The second-order valence-electron chi connectivity index (χ2n) is 14.8. The predicted molar refractivity (Wildman–Crippen MR) is 180 cm³/mol. The van der Waals surface area contributed by atoms with Gasteiger partial charge in [0.25, 0.3) is 0 Å². The van der Waals surface area contributed by atoms with E-state index in [9.17, 15) is 35.2 Å². The number of hydrogen-bond acceptors (Lipinski definition) is 9. The maximum Gasteiger partial charge on any atom is 0.534 e. The van der Waals surface area contributed by atoms with Crippen molar-refractivity contribution in [2.45, 2.75) is 132 Å². The van der Waals surface area contributed by atoms with E-state index in [1.807, 2.05) is 0 Å². The van der Waals surface area contributed by atoms with Crippen LogP contribution in [0.25, 0.3) is 0 Å². The van der Waals surface area contributed by atoms with E-state index in [-0.39, 0.29) is 42.2 Å². The second-order valence-corrected chi connectivity index (χ2v) is 16.3. The summed E-state index contributed by atoms with van der Waals surface area (Å²) >= 11 is 0. The Morgan fingerprint density at radius 3 is 1.52 bits per heavy atom. The van der Waals surface area contributed by atoms with Crippen LogP contribution in [-0.4, -0.2) is 86.3 Å². The summed E-state index contributed by atoms with van der Waals surface area (Å²) in [5.41, 5.74) is -4.43. The summed E-state index contributed by atoms with van der Waals surface area (Å²) < 4.78 is 110. The van der Waals surface area contributed by atoms with Gasteiger partial charge in [0.15, 0.2) is 23.1 Å². The van der Waals surface area contributed by atoms with Crippen molar-refractivity contribution >= 4 is 16.1 Å². The number of carbonyl (C=O) groups is 1. The summed E-state index contributed by atoms with van der Waals surface area (Å²) in [6.45, 7) is 0.716. The fraction of sp³-hybridized carbons (Fsp3) is 0.649. The lowest BCUT2D eigenvalue weighted by Crippen LogP contribution is -2.57. The molecular formula is C37H45F5N2O7S. The molecule has 8 rings (SSSR count). The van der Waals surface area contributed by atoms with Crippen LogP contribution in [0, 0.1) is 11.6 Å². The molecule has 4 fully saturated rings. The molecule has 286 valence electrons. The molecule has 0 aromatic heterocycles. The van der Waals surface area contributed by atoms with E-state index in [0.29, 0.717) is 48.3 Å². The van der Waals surface area contributed by atoms with Crippen molar-refractivity contribution in [1.29, 1.82) is 0 Å². The zero-order valence-corrected chi connectivity index (χ0v) is 30.0. The van der Waals surface area contributed by atoms with Gasteiger partial charge in [0.1, 0.15) is 19.0 Å². The standard InChI is InChI=1S/C19H24FNO3.C18H21F4NO4S/c1-23-19(22)15-8-9-17(20)18-16(15)10-14(11-24-18)21(12-4-2-5-12)13-6-3-7-13;19-15-7-8-16(27-28(24,25)18(20,21)22)14-9-13(10-26-17(14)15)23(11-3-1-4-11)12-5-2-6-12/h8-9,12-14H,2-7,10-11H2,1H3;7-8,11-13H,1-6,9-10H2/t14-;13-/m11/s1. The van der Waals surface area contributed by atoms with Gasteiger partial charge >= 0.3 is 21.6 Å². The van der Waals surface area contributed by atoms with Crippen molar-refractivity contribution in [3.05, 3.63) is 52.6 Å². The molecule has 52 heavy (non-hydrogen) atoms. The normalized spacial score (nSPS) is 23.7. The van der Waals surface area contributed by atoms with Crippen molar-refractivity contribution in [3.8, 4) is 17.2 Å². The second kappa shape index (κ2) is 14.9. The zero-order chi connectivity index (χ0) is 36.8. The number of hydrogen-bond donors (Lipinski definition) is 0. The van der Waals surface area contributed by atoms with Crippen molar-refractivity contribution in [2.75, 3.05) is 20.3 Å². The van der Waals surface area contributed by atoms with Crippen LogP contribution < -0.4 is 13.7 Å². The quantitative estimate of drug-likeness (QED) is 0.115. The van der Waals surface area contributed by atoms with Crippen molar-refractivity contribution < 1.29 is 53.6 Å². The van der Waals surface area contributed by atoms with Gasteiger partial charge in [-0.05, 0) is 88.5 Å². The van der Waals surface area contributed by atoms with Gasteiger partial charge in [-0.3, -0.25) is 9.80 Å².